The summed E-state index contributed by atoms with van der Waals surface area (Å²) in [5, 5.41) is 0.195. The standard InChI is InChI=1S/C8H10ClN3O/c1-12(2)7(13)3-6-4-10-8(9)11-5-6/h4-5H,3H2,1-2H3. The topological polar surface area (TPSA) is 46.1 Å². The van der Waals surface area contributed by atoms with Crippen LogP contribution in [-0.2, 0) is 11.2 Å². The number of amides is 1. The number of halogens is 1. The fourth-order valence-electron chi connectivity index (χ4n) is 0.763. The van der Waals surface area contributed by atoms with E-state index in [0.717, 1.165) is 5.56 Å². The van der Waals surface area contributed by atoms with Gasteiger partial charge in [0, 0.05) is 26.5 Å². The van der Waals surface area contributed by atoms with Gasteiger partial charge in [0.15, 0.2) is 0 Å². The minimum atomic E-state index is 0.0194. The zero-order valence-electron chi connectivity index (χ0n) is 7.49. The van der Waals surface area contributed by atoms with E-state index in [0.29, 0.717) is 6.42 Å². The van der Waals surface area contributed by atoms with Gasteiger partial charge in [-0.05, 0) is 17.2 Å². The Balaban J connectivity index is 2.65. The minimum Gasteiger partial charge on any atom is -0.349 e. The molecule has 0 aliphatic rings. The molecule has 0 bridgehead atoms. The molecule has 0 aliphatic carbocycles. The summed E-state index contributed by atoms with van der Waals surface area (Å²) in [6, 6.07) is 0. The van der Waals surface area contributed by atoms with Crippen molar-refractivity contribution in [2.75, 3.05) is 14.1 Å². The molecule has 0 spiro atoms. The molecule has 1 heterocycles. The maximum atomic E-state index is 11.2. The molecule has 0 radical (unpaired) electrons. The number of nitrogens with zero attached hydrogens (tertiary/aromatic N) is 3. The number of rotatable bonds is 2. The normalized spacial score (nSPS) is 9.77. The first-order valence-electron chi connectivity index (χ1n) is 3.76. The molecule has 0 atom stereocenters. The largest absolute Gasteiger partial charge is 0.349 e. The van der Waals surface area contributed by atoms with E-state index in [1.54, 1.807) is 26.5 Å². The third-order valence-corrected chi connectivity index (χ3v) is 1.72. The lowest BCUT2D eigenvalue weighted by atomic mass is 10.2. The summed E-state index contributed by atoms with van der Waals surface area (Å²) >= 11 is 5.49. The van der Waals surface area contributed by atoms with Crippen LogP contribution in [0, 0.1) is 0 Å². The Morgan fingerprint density at radius 2 is 2.00 bits per heavy atom. The number of hydrogen-bond donors (Lipinski definition) is 0. The Bertz CT molecular complexity index is 297. The van der Waals surface area contributed by atoms with Gasteiger partial charge in [-0.1, -0.05) is 0 Å². The molecule has 70 valence electrons. The van der Waals surface area contributed by atoms with Crippen molar-refractivity contribution in [3.63, 3.8) is 0 Å². The van der Waals surface area contributed by atoms with E-state index in [2.05, 4.69) is 9.97 Å². The van der Waals surface area contributed by atoms with Crippen molar-refractivity contribution in [3.05, 3.63) is 23.2 Å². The predicted molar refractivity (Wildman–Crippen MR) is 49.4 cm³/mol. The summed E-state index contributed by atoms with van der Waals surface area (Å²) in [5.74, 6) is 0.0194. The van der Waals surface area contributed by atoms with Gasteiger partial charge >= 0.3 is 0 Å². The molecule has 1 aromatic heterocycles. The third kappa shape index (κ3) is 2.99. The van der Waals surface area contributed by atoms with E-state index in [-0.39, 0.29) is 11.2 Å². The van der Waals surface area contributed by atoms with Crippen molar-refractivity contribution in [2.45, 2.75) is 6.42 Å². The molecule has 0 aromatic carbocycles. The molecule has 13 heavy (non-hydrogen) atoms. The monoisotopic (exact) mass is 199 g/mol. The Morgan fingerprint density at radius 1 is 1.46 bits per heavy atom. The molecule has 0 fully saturated rings. The van der Waals surface area contributed by atoms with Crippen LogP contribution in [0.4, 0.5) is 0 Å². The van der Waals surface area contributed by atoms with Crippen molar-refractivity contribution >= 4 is 17.5 Å². The summed E-state index contributed by atoms with van der Waals surface area (Å²) in [7, 11) is 3.41. The highest BCUT2D eigenvalue weighted by Gasteiger charge is 2.05. The van der Waals surface area contributed by atoms with Crippen LogP contribution in [0.3, 0.4) is 0 Å². The van der Waals surface area contributed by atoms with Crippen LogP contribution in [0.25, 0.3) is 0 Å². The van der Waals surface area contributed by atoms with Gasteiger partial charge in [-0.15, -0.1) is 0 Å². The molecule has 1 aromatic rings. The van der Waals surface area contributed by atoms with Gasteiger partial charge in [-0.25, -0.2) is 9.97 Å². The maximum Gasteiger partial charge on any atom is 0.226 e. The van der Waals surface area contributed by atoms with Gasteiger partial charge in [0.1, 0.15) is 0 Å². The van der Waals surface area contributed by atoms with E-state index in [4.69, 9.17) is 11.6 Å². The first-order valence-corrected chi connectivity index (χ1v) is 4.14. The van der Waals surface area contributed by atoms with Crippen LogP contribution in [-0.4, -0.2) is 34.9 Å². The summed E-state index contributed by atoms with van der Waals surface area (Å²) < 4.78 is 0. The predicted octanol–water partition coefficient (Wildman–Crippen LogP) is 0.761. The van der Waals surface area contributed by atoms with Crippen molar-refractivity contribution in [1.82, 2.24) is 14.9 Å². The smallest absolute Gasteiger partial charge is 0.226 e. The van der Waals surface area contributed by atoms with Gasteiger partial charge in [0.2, 0.25) is 11.2 Å². The van der Waals surface area contributed by atoms with Gasteiger partial charge in [0.05, 0.1) is 6.42 Å². The third-order valence-electron chi connectivity index (χ3n) is 1.53. The summed E-state index contributed by atoms with van der Waals surface area (Å²) in [5.41, 5.74) is 0.767. The Labute approximate surface area is 81.6 Å². The maximum absolute atomic E-state index is 11.2. The Morgan fingerprint density at radius 3 is 2.46 bits per heavy atom. The summed E-state index contributed by atoms with van der Waals surface area (Å²) in [6.07, 6.45) is 3.41. The Kier molecular flexibility index (Phi) is 3.19. The molecule has 1 rings (SSSR count). The highest BCUT2D eigenvalue weighted by Crippen LogP contribution is 2.02. The number of likely N-dealkylation sites (N-methyl/N-ethyl adjacent to an activating group) is 1. The zero-order chi connectivity index (χ0) is 9.84. The summed E-state index contributed by atoms with van der Waals surface area (Å²) in [4.78, 5) is 20.3. The van der Waals surface area contributed by atoms with Gasteiger partial charge in [0.25, 0.3) is 0 Å². The number of hydrogen-bond acceptors (Lipinski definition) is 3. The van der Waals surface area contributed by atoms with Crippen LogP contribution >= 0.6 is 11.6 Å². The molecule has 0 N–H and O–H groups in total. The lowest BCUT2D eigenvalue weighted by molar-refractivity contribution is -0.127. The average molecular weight is 200 g/mol. The SMILES string of the molecule is CN(C)C(=O)Cc1cnc(Cl)nc1. The highest BCUT2D eigenvalue weighted by molar-refractivity contribution is 6.28. The number of aromatic nitrogens is 2. The van der Waals surface area contributed by atoms with Gasteiger partial charge < -0.3 is 4.90 Å². The molecule has 0 saturated carbocycles. The van der Waals surface area contributed by atoms with Crippen molar-refractivity contribution in [2.24, 2.45) is 0 Å². The van der Waals surface area contributed by atoms with E-state index >= 15 is 0 Å². The van der Waals surface area contributed by atoms with Crippen molar-refractivity contribution in [1.29, 1.82) is 0 Å². The van der Waals surface area contributed by atoms with Gasteiger partial charge in [-0.2, -0.15) is 0 Å². The second-order valence-corrected chi connectivity index (χ2v) is 3.16. The molecule has 0 aliphatic heterocycles. The average Bonchev–Trinajstić information content (AvgIpc) is 2.08. The first-order chi connectivity index (χ1) is 6.09. The van der Waals surface area contributed by atoms with Crippen molar-refractivity contribution in [3.8, 4) is 0 Å². The Hall–Kier alpha value is -1.16. The summed E-state index contributed by atoms with van der Waals surface area (Å²) in [6.45, 7) is 0. The van der Waals surface area contributed by atoms with E-state index < -0.39 is 0 Å². The van der Waals surface area contributed by atoms with Crippen molar-refractivity contribution < 1.29 is 4.79 Å². The minimum absolute atomic E-state index is 0.0194. The lowest BCUT2D eigenvalue weighted by Gasteiger charge is -2.09. The van der Waals surface area contributed by atoms with E-state index in [1.165, 1.54) is 4.90 Å². The number of carbonyl (C=O) groups is 1. The molecule has 5 heteroatoms. The zero-order valence-corrected chi connectivity index (χ0v) is 8.25. The van der Waals surface area contributed by atoms with Gasteiger partial charge in [-0.3, -0.25) is 4.79 Å². The highest BCUT2D eigenvalue weighted by atomic mass is 35.5. The lowest BCUT2D eigenvalue weighted by Crippen LogP contribution is -2.23. The second-order valence-electron chi connectivity index (χ2n) is 2.83. The van der Waals surface area contributed by atoms with E-state index in [9.17, 15) is 4.79 Å². The fraction of sp³-hybridized carbons (Fsp3) is 0.375. The van der Waals surface area contributed by atoms with E-state index in [1.807, 2.05) is 0 Å². The van der Waals surface area contributed by atoms with Crippen LogP contribution in [0.5, 0.6) is 0 Å². The van der Waals surface area contributed by atoms with Crippen LogP contribution in [0.2, 0.25) is 5.28 Å². The quantitative estimate of drug-likeness (QED) is 0.661. The molecule has 0 unspecified atom stereocenters. The molecular weight excluding hydrogens is 190 g/mol. The van der Waals surface area contributed by atoms with Crippen LogP contribution in [0.1, 0.15) is 5.56 Å². The fourth-order valence-corrected chi connectivity index (χ4v) is 0.861. The number of carbonyl (C=O) groups excluding carboxylic acids is 1. The molecular formula is C8H10ClN3O. The first kappa shape index (κ1) is 9.92. The molecule has 0 saturated heterocycles. The van der Waals surface area contributed by atoms with Crippen LogP contribution < -0.4 is 0 Å². The molecule has 1 amide bonds. The van der Waals surface area contributed by atoms with Crippen LogP contribution in [0.15, 0.2) is 12.4 Å². The molecule has 4 nitrogen and oxygen atoms in total. The second kappa shape index (κ2) is 4.18.